The third kappa shape index (κ3) is 8.61. The van der Waals surface area contributed by atoms with E-state index in [2.05, 4.69) is 35.2 Å². The molecule has 1 aromatic rings. The van der Waals surface area contributed by atoms with Crippen LogP contribution in [-0.2, 0) is 11.2 Å². The summed E-state index contributed by atoms with van der Waals surface area (Å²) >= 11 is 0. The number of rotatable bonds is 8. The molecule has 0 aromatic heterocycles. The molecule has 0 aliphatic rings. The van der Waals surface area contributed by atoms with Gasteiger partial charge in [0.25, 0.3) is 0 Å². The maximum atomic E-state index is 11.8. The van der Waals surface area contributed by atoms with Gasteiger partial charge >= 0.3 is 6.18 Å². The average Bonchev–Trinajstić information content (AvgIpc) is 2.31. The first-order chi connectivity index (χ1) is 8.97. The highest BCUT2D eigenvalue weighted by Gasteiger charge is 2.27. The Morgan fingerprint density at radius 3 is 2.68 bits per heavy atom. The molecule has 1 rings (SSSR count). The van der Waals surface area contributed by atoms with E-state index < -0.39 is 12.8 Å². The predicted molar refractivity (Wildman–Crippen MR) is 69.2 cm³/mol. The van der Waals surface area contributed by atoms with Crippen LogP contribution in [0.1, 0.15) is 17.5 Å². The van der Waals surface area contributed by atoms with E-state index >= 15 is 0 Å². The normalized spacial score (nSPS) is 11.8. The van der Waals surface area contributed by atoms with Crippen LogP contribution in [0.25, 0.3) is 0 Å². The molecular weight excluding hydrogens is 255 g/mol. The van der Waals surface area contributed by atoms with Gasteiger partial charge in [-0.25, -0.2) is 0 Å². The van der Waals surface area contributed by atoms with Crippen LogP contribution in [0.4, 0.5) is 13.2 Å². The van der Waals surface area contributed by atoms with Crippen molar-refractivity contribution < 1.29 is 17.9 Å². The van der Waals surface area contributed by atoms with Crippen LogP contribution in [0, 0.1) is 6.92 Å². The molecule has 0 heterocycles. The van der Waals surface area contributed by atoms with Crippen molar-refractivity contribution in [3.63, 3.8) is 0 Å². The summed E-state index contributed by atoms with van der Waals surface area (Å²) < 4.78 is 39.8. The Hall–Kier alpha value is -1.07. The lowest BCUT2D eigenvalue weighted by Gasteiger charge is -2.08. The minimum absolute atomic E-state index is 0.136. The van der Waals surface area contributed by atoms with Gasteiger partial charge in [-0.15, -0.1) is 0 Å². The number of alkyl halides is 3. The highest BCUT2D eigenvalue weighted by atomic mass is 19.4. The van der Waals surface area contributed by atoms with Crippen LogP contribution in [0.2, 0.25) is 0 Å². The summed E-state index contributed by atoms with van der Waals surface area (Å²) in [7, 11) is 0. The second-order valence-electron chi connectivity index (χ2n) is 4.51. The maximum absolute atomic E-state index is 11.8. The predicted octanol–water partition coefficient (Wildman–Crippen LogP) is 3.10. The highest BCUT2D eigenvalue weighted by Crippen LogP contribution is 2.14. The fraction of sp³-hybridized carbons (Fsp3) is 0.571. The van der Waals surface area contributed by atoms with E-state index in [-0.39, 0.29) is 6.61 Å². The first-order valence-electron chi connectivity index (χ1n) is 6.38. The minimum atomic E-state index is -4.22. The molecule has 108 valence electrons. The Morgan fingerprint density at radius 2 is 2.00 bits per heavy atom. The van der Waals surface area contributed by atoms with Crippen molar-refractivity contribution in [1.82, 2.24) is 5.32 Å². The van der Waals surface area contributed by atoms with E-state index in [0.29, 0.717) is 13.0 Å². The zero-order valence-corrected chi connectivity index (χ0v) is 11.1. The molecule has 0 bridgehead atoms. The van der Waals surface area contributed by atoms with Crippen LogP contribution < -0.4 is 5.32 Å². The van der Waals surface area contributed by atoms with Gasteiger partial charge < -0.3 is 10.1 Å². The number of halogens is 3. The standard InChI is InChI=1S/C14H20F3NO/c1-12-4-2-5-13(10-12)6-8-18-7-3-9-19-11-14(15,16)17/h2,4-5,10,18H,3,6-9,11H2,1H3. The molecule has 1 aromatic carbocycles. The van der Waals surface area contributed by atoms with Gasteiger partial charge in [0.1, 0.15) is 6.61 Å². The van der Waals surface area contributed by atoms with Gasteiger partial charge in [0.05, 0.1) is 0 Å². The molecule has 0 aliphatic carbocycles. The van der Waals surface area contributed by atoms with Gasteiger partial charge in [-0.2, -0.15) is 13.2 Å². The lowest BCUT2D eigenvalue weighted by atomic mass is 10.1. The molecule has 19 heavy (non-hydrogen) atoms. The highest BCUT2D eigenvalue weighted by molar-refractivity contribution is 5.22. The van der Waals surface area contributed by atoms with Crippen LogP contribution in [-0.4, -0.2) is 32.5 Å². The molecule has 0 unspecified atom stereocenters. The molecule has 1 N–H and O–H groups in total. The third-order valence-electron chi connectivity index (χ3n) is 2.58. The van der Waals surface area contributed by atoms with E-state index in [1.54, 1.807) is 0 Å². The maximum Gasteiger partial charge on any atom is 0.411 e. The molecular formula is C14H20F3NO. The fourth-order valence-corrected chi connectivity index (χ4v) is 1.71. The Balaban J connectivity index is 1.97. The van der Waals surface area contributed by atoms with E-state index in [4.69, 9.17) is 0 Å². The molecule has 0 fully saturated rings. The summed E-state index contributed by atoms with van der Waals surface area (Å²) in [4.78, 5) is 0. The van der Waals surface area contributed by atoms with Gasteiger partial charge in [-0.3, -0.25) is 0 Å². The van der Waals surface area contributed by atoms with Gasteiger partial charge in [0, 0.05) is 6.61 Å². The van der Waals surface area contributed by atoms with Crippen LogP contribution >= 0.6 is 0 Å². The van der Waals surface area contributed by atoms with E-state index in [9.17, 15) is 13.2 Å². The zero-order chi connectivity index (χ0) is 14.1. The van der Waals surface area contributed by atoms with Gasteiger partial charge in [0.2, 0.25) is 0 Å². The van der Waals surface area contributed by atoms with Crippen LogP contribution in [0.5, 0.6) is 0 Å². The summed E-state index contributed by atoms with van der Waals surface area (Å²) in [6.45, 7) is 2.52. The summed E-state index contributed by atoms with van der Waals surface area (Å²) in [6, 6.07) is 8.28. The van der Waals surface area contributed by atoms with Crippen molar-refractivity contribution >= 4 is 0 Å². The average molecular weight is 275 g/mol. The molecule has 0 amide bonds. The largest absolute Gasteiger partial charge is 0.411 e. The third-order valence-corrected chi connectivity index (χ3v) is 2.58. The monoisotopic (exact) mass is 275 g/mol. The number of benzene rings is 1. The Kier molecular flexibility index (Phi) is 6.87. The van der Waals surface area contributed by atoms with Crippen molar-refractivity contribution in [3.8, 4) is 0 Å². The summed E-state index contributed by atoms with van der Waals surface area (Å²) in [5.41, 5.74) is 2.50. The number of hydrogen-bond acceptors (Lipinski definition) is 2. The molecule has 0 atom stereocenters. The van der Waals surface area contributed by atoms with E-state index in [1.807, 2.05) is 6.07 Å². The second-order valence-corrected chi connectivity index (χ2v) is 4.51. The van der Waals surface area contributed by atoms with Crippen molar-refractivity contribution in [2.24, 2.45) is 0 Å². The zero-order valence-electron chi connectivity index (χ0n) is 11.1. The summed E-state index contributed by atoms with van der Waals surface area (Å²) in [5.74, 6) is 0. The van der Waals surface area contributed by atoms with Gasteiger partial charge in [-0.05, 0) is 38.4 Å². The number of hydrogen-bond donors (Lipinski definition) is 1. The van der Waals surface area contributed by atoms with Crippen LogP contribution in [0.3, 0.4) is 0 Å². The number of nitrogens with one attached hydrogen (secondary N) is 1. The van der Waals surface area contributed by atoms with Gasteiger partial charge in [0.15, 0.2) is 0 Å². The Bertz CT molecular complexity index is 366. The van der Waals surface area contributed by atoms with Gasteiger partial charge in [-0.1, -0.05) is 29.8 Å². The smallest absolute Gasteiger partial charge is 0.372 e. The quantitative estimate of drug-likeness (QED) is 0.736. The second kappa shape index (κ2) is 8.17. The molecule has 0 aliphatic heterocycles. The number of aryl methyl sites for hydroxylation is 1. The molecule has 0 saturated heterocycles. The number of ether oxygens (including phenoxy) is 1. The summed E-state index contributed by atoms with van der Waals surface area (Å²) in [5, 5.41) is 3.19. The van der Waals surface area contributed by atoms with E-state index in [1.165, 1.54) is 11.1 Å². The Labute approximate surface area is 112 Å². The molecule has 0 spiro atoms. The van der Waals surface area contributed by atoms with E-state index in [0.717, 1.165) is 13.0 Å². The lowest BCUT2D eigenvalue weighted by Crippen LogP contribution is -2.22. The molecule has 2 nitrogen and oxygen atoms in total. The van der Waals surface area contributed by atoms with Crippen molar-refractivity contribution in [1.29, 1.82) is 0 Å². The SMILES string of the molecule is Cc1cccc(CCNCCCOCC(F)(F)F)c1. The molecule has 0 saturated carbocycles. The lowest BCUT2D eigenvalue weighted by molar-refractivity contribution is -0.173. The first-order valence-corrected chi connectivity index (χ1v) is 6.38. The summed E-state index contributed by atoms with van der Waals surface area (Å²) in [6.07, 6.45) is -2.71. The van der Waals surface area contributed by atoms with Crippen molar-refractivity contribution in [3.05, 3.63) is 35.4 Å². The molecule has 0 radical (unpaired) electrons. The molecule has 5 heteroatoms. The van der Waals surface area contributed by atoms with Crippen molar-refractivity contribution in [2.45, 2.75) is 25.9 Å². The van der Waals surface area contributed by atoms with Crippen molar-refractivity contribution in [2.75, 3.05) is 26.3 Å². The minimum Gasteiger partial charge on any atom is -0.372 e. The fourth-order valence-electron chi connectivity index (χ4n) is 1.71. The Morgan fingerprint density at radius 1 is 1.21 bits per heavy atom. The first kappa shape index (κ1) is 16.0. The topological polar surface area (TPSA) is 21.3 Å². The van der Waals surface area contributed by atoms with Crippen LogP contribution in [0.15, 0.2) is 24.3 Å².